The SMILES string of the molecule is C[C@@H](NC(c1cccs1)c1cccs1)c1cccc(Cl)c1. The largest absolute Gasteiger partial charge is 0.298 e. The van der Waals surface area contributed by atoms with E-state index >= 15 is 0 Å². The van der Waals surface area contributed by atoms with E-state index in [-0.39, 0.29) is 12.1 Å². The van der Waals surface area contributed by atoms with Gasteiger partial charge in [-0.25, -0.2) is 0 Å². The Hall–Kier alpha value is -1.13. The zero-order valence-corrected chi connectivity index (χ0v) is 14.0. The summed E-state index contributed by atoms with van der Waals surface area (Å²) < 4.78 is 0. The van der Waals surface area contributed by atoms with Crippen molar-refractivity contribution >= 4 is 34.3 Å². The molecule has 1 nitrogen and oxygen atoms in total. The van der Waals surface area contributed by atoms with Gasteiger partial charge in [0.25, 0.3) is 0 Å². The van der Waals surface area contributed by atoms with Crippen molar-refractivity contribution in [3.8, 4) is 0 Å². The molecule has 21 heavy (non-hydrogen) atoms. The van der Waals surface area contributed by atoms with Gasteiger partial charge in [0, 0.05) is 20.8 Å². The molecule has 3 rings (SSSR count). The summed E-state index contributed by atoms with van der Waals surface area (Å²) in [7, 11) is 0. The lowest BCUT2D eigenvalue weighted by atomic mass is 10.1. The van der Waals surface area contributed by atoms with E-state index in [0.29, 0.717) is 0 Å². The molecule has 2 heterocycles. The Balaban J connectivity index is 1.85. The lowest BCUT2D eigenvalue weighted by Gasteiger charge is -2.22. The lowest BCUT2D eigenvalue weighted by molar-refractivity contribution is 0.526. The second-order valence-corrected chi connectivity index (χ2v) is 7.30. The fraction of sp³-hybridized carbons (Fsp3) is 0.176. The van der Waals surface area contributed by atoms with Gasteiger partial charge in [-0.05, 0) is 47.5 Å². The van der Waals surface area contributed by atoms with Gasteiger partial charge >= 0.3 is 0 Å². The third kappa shape index (κ3) is 3.55. The topological polar surface area (TPSA) is 12.0 Å². The maximum atomic E-state index is 6.10. The molecule has 108 valence electrons. The molecular formula is C17H16ClNS2. The number of hydrogen-bond donors (Lipinski definition) is 1. The van der Waals surface area contributed by atoms with E-state index in [1.807, 2.05) is 18.2 Å². The van der Waals surface area contributed by atoms with E-state index in [1.54, 1.807) is 22.7 Å². The fourth-order valence-corrected chi connectivity index (χ4v) is 4.22. The van der Waals surface area contributed by atoms with Crippen molar-refractivity contribution in [2.75, 3.05) is 0 Å². The Morgan fingerprint density at radius 3 is 2.14 bits per heavy atom. The van der Waals surface area contributed by atoms with Crippen LogP contribution in [0.2, 0.25) is 5.02 Å². The predicted molar refractivity (Wildman–Crippen MR) is 93.5 cm³/mol. The molecule has 1 atom stereocenters. The van der Waals surface area contributed by atoms with Crippen LogP contribution in [0.4, 0.5) is 0 Å². The van der Waals surface area contributed by atoms with E-state index in [1.165, 1.54) is 15.3 Å². The highest BCUT2D eigenvalue weighted by Crippen LogP contribution is 2.31. The average Bonchev–Trinajstić information content (AvgIpc) is 3.18. The van der Waals surface area contributed by atoms with Crippen LogP contribution in [-0.2, 0) is 0 Å². The number of rotatable bonds is 5. The Bertz CT molecular complexity index is 642. The average molecular weight is 334 g/mol. The molecule has 0 aliphatic rings. The predicted octanol–water partition coefficient (Wildman–Crippen LogP) is 5.90. The molecule has 3 aromatic rings. The molecule has 2 aromatic heterocycles. The summed E-state index contributed by atoms with van der Waals surface area (Å²) in [6, 6.07) is 17.1. The second kappa shape index (κ2) is 6.75. The third-order valence-corrected chi connectivity index (χ3v) is 5.53. The van der Waals surface area contributed by atoms with Gasteiger partial charge in [-0.2, -0.15) is 0 Å². The highest BCUT2D eigenvalue weighted by atomic mass is 35.5. The molecule has 0 saturated heterocycles. The summed E-state index contributed by atoms with van der Waals surface area (Å²) in [5, 5.41) is 8.76. The van der Waals surface area contributed by atoms with Crippen LogP contribution in [0.15, 0.2) is 59.3 Å². The van der Waals surface area contributed by atoms with Crippen LogP contribution in [0, 0.1) is 0 Å². The van der Waals surface area contributed by atoms with Crippen molar-refractivity contribution in [2.45, 2.75) is 19.0 Å². The van der Waals surface area contributed by atoms with Crippen molar-refractivity contribution < 1.29 is 0 Å². The molecular weight excluding hydrogens is 318 g/mol. The first-order chi connectivity index (χ1) is 10.2. The minimum atomic E-state index is 0.234. The number of thiophene rings is 2. The van der Waals surface area contributed by atoms with E-state index < -0.39 is 0 Å². The van der Waals surface area contributed by atoms with Crippen molar-refractivity contribution in [1.29, 1.82) is 0 Å². The van der Waals surface area contributed by atoms with Crippen LogP contribution in [0.3, 0.4) is 0 Å². The van der Waals surface area contributed by atoms with Crippen molar-refractivity contribution in [3.05, 3.63) is 79.6 Å². The Morgan fingerprint density at radius 2 is 1.62 bits per heavy atom. The van der Waals surface area contributed by atoms with Gasteiger partial charge in [-0.1, -0.05) is 35.9 Å². The second-order valence-electron chi connectivity index (χ2n) is 4.91. The molecule has 0 aliphatic carbocycles. The van der Waals surface area contributed by atoms with E-state index in [0.717, 1.165) is 5.02 Å². The van der Waals surface area contributed by atoms with Gasteiger partial charge in [0.15, 0.2) is 0 Å². The standard InChI is InChI=1S/C17H16ClNS2/c1-12(13-5-2-6-14(18)11-13)19-17(15-7-3-9-20-15)16-8-4-10-21-16/h2-12,17,19H,1H3/t12-/m1/s1. The minimum absolute atomic E-state index is 0.234. The monoisotopic (exact) mass is 333 g/mol. The lowest BCUT2D eigenvalue weighted by Crippen LogP contribution is -2.24. The maximum Gasteiger partial charge on any atom is 0.0769 e. The summed E-state index contributed by atoms with van der Waals surface area (Å²) in [5.41, 5.74) is 1.21. The summed E-state index contributed by atoms with van der Waals surface area (Å²) >= 11 is 9.68. The molecule has 0 fully saturated rings. The number of halogens is 1. The molecule has 0 aliphatic heterocycles. The van der Waals surface area contributed by atoms with Gasteiger partial charge in [0.2, 0.25) is 0 Å². The van der Waals surface area contributed by atoms with Crippen molar-refractivity contribution in [2.24, 2.45) is 0 Å². The first-order valence-corrected chi connectivity index (χ1v) is 8.96. The van der Waals surface area contributed by atoms with Crippen molar-refractivity contribution in [3.63, 3.8) is 0 Å². The molecule has 0 spiro atoms. The van der Waals surface area contributed by atoms with Gasteiger partial charge in [-0.3, -0.25) is 5.32 Å². The molecule has 0 bridgehead atoms. The summed E-state index contributed by atoms with van der Waals surface area (Å²) in [6.07, 6.45) is 0. The summed E-state index contributed by atoms with van der Waals surface area (Å²) in [5.74, 6) is 0. The number of hydrogen-bond acceptors (Lipinski definition) is 3. The van der Waals surface area contributed by atoms with E-state index in [2.05, 4.69) is 53.3 Å². The quantitative estimate of drug-likeness (QED) is 0.612. The van der Waals surface area contributed by atoms with E-state index in [4.69, 9.17) is 11.6 Å². The summed E-state index contributed by atoms with van der Waals surface area (Å²) in [6.45, 7) is 2.18. The Kier molecular flexibility index (Phi) is 4.76. The number of benzene rings is 1. The smallest absolute Gasteiger partial charge is 0.0769 e. The van der Waals surface area contributed by atoms with Gasteiger partial charge in [0.05, 0.1) is 6.04 Å². The molecule has 0 amide bonds. The van der Waals surface area contributed by atoms with Crippen LogP contribution >= 0.6 is 34.3 Å². The fourth-order valence-electron chi connectivity index (χ4n) is 2.34. The third-order valence-electron chi connectivity index (χ3n) is 3.42. The molecule has 1 N–H and O–H groups in total. The van der Waals surface area contributed by atoms with Gasteiger partial charge in [0.1, 0.15) is 0 Å². The van der Waals surface area contributed by atoms with Crippen LogP contribution < -0.4 is 5.32 Å². The first-order valence-electron chi connectivity index (χ1n) is 6.82. The zero-order valence-electron chi connectivity index (χ0n) is 11.6. The van der Waals surface area contributed by atoms with Gasteiger partial charge < -0.3 is 0 Å². The van der Waals surface area contributed by atoms with Crippen LogP contribution in [0.25, 0.3) is 0 Å². The highest BCUT2D eigenvalue weighted by Gasteiger charge is 2.19. The van der Waals surface area contributed by atoms with Crippen LogP contribution in [0.5, 0.6) is 0 Å². The molecule has 1 aromatic carbocycles. The zero-order chi connectivity index (χ0) is 14.7. The van der Waals surface area contributed by atoms with Gasteiger partial charge in [-0.15, -0.1) is 22.7 Å². The van der Waals surface area contributed by atoms with Crippen molar-refractivity contribution in [1.82, 2.24) is 5.32 Å². The molecule has 4 heteroatoms. The molecule has 0 unspecified atom stereocenters. The van der Waals surface area contributed by atoms with Crippen LogP contribution in [0.1, 0.15) is 34.3 Å². The normalized spacial score (nSPS) is 12.7. The molecule has 0 saturated carbocycles. The highest BCUT2D eigenvalue weighted by molar-refractivity contribution is 7.11. The van der Waals surface area contributed by atoms with Crippen LogP contribution in [-0.4, -0.2) is 0 Å². The Morgan fingerprint density at radius 1 is 0.952 bits per heavy atom. The van der Waals surface area contributed by atoms with E-state index in [9.17, 15) is 0 Å². The maximum absolute atomic E-state index is 6.10. The minimum Gasteiger partial charge on any atom is -0.298 e. The Labute approximate surface area is 138 Å². The molecule has 0 radical (unpaired) electrons. The number of nitrogens with one attached hydrogen (secondary N) is 1. The first kappa shape index (κ1) is 14.8. The summed E-state index contributed by atoms with van der Waals surface area (Å²) in [4.78, 5) is 2.68.